The number of hydrogen-bond donors (Lipinski definition) is 0. The maximum atomic E-state index is 12.5. The van der Waals surface area contributed by atoms with Crippen molar-refractivity contribution in [1.29, 1.82) is 0 Å². The number of esters is 1. The Balaban J connectivity index is 2.37. The lowest BCUT2D eigenvalue weighted by Crippen LogP contribution is -2.34. The Bertz CT molecular complexity index is 734. The van der Waals surface area contributed by atoms with Crippen LogP contribution in [0.5, 0.6) is 17.2 Å². The van der Waals surface area contributed by atoms with Gasteiger partial charge in [0, 0.05) is 12.1 Å². The number of thioether (sulfide) groups is 1. The van der Waals surface area contributed by atoms with E-state index in [9.17, 15) is 14.4 Å². The van der Waals surface area contributed by atoms with Crippen LogP contribution in [0.2, 0.25) is 0 Å². The van der Waals surface area contributed by atoms with Crippen LogP contribution < -0.4 is 14.2 Å². The average molecular weight is 381 g/mol. The fraction of sp³-hybridized carbons (Fsp3) is 0.353. The van der Waals surface area contributed by atoms with Crippen LogP contribution in [0.3, 0.4) is 0 Å². The first-order chi connectivity index (χ1) is 12.4. The molecule has 9 heteroatoms. The van der Waals surface area contributed by atoms with Gasteiger partial charge in [0.15, 0.2) is 0 Å². The molecule has 2 amide bonds. The van der Waals surface area contributed by atoms with E-state index in [4.69, 9.17) is 18.9 Å². The van der Waals surface area contributed by atoms with Gasteiger partial charge in [-0.1, -0.05) is 0 Å². The summed E-state index contributed by atoms with van der Waals surface area (Å²) < 4.78 is 20.6. The van der Waals surface area contributed by atoms with E-state index in [0.717, 1.165) is 16.7 Å². The highest BCUT2D eigenvalue weighted by atomic mass is 32.2. The number of carbonyl (C=O) groups is 3. The van der Waals surface area contributed by atoms with Crippen LogP contribution in [0.25, 0.3) is 6.08 Å². The van der Waals surface area contributed by atoms with E-state index in [-0.39, 0.29) is 11.5 Å². The number of ether oxygens (including phenoxy) is 4. The first-order valence-electron chi connectivity index (χ1n) is 7.66. The first-order valence-corrected chi connectivity index (χ1v) is 8.47. The Kier molecular flexibility index (Phi) is 6.51. The topological polar surface area (TPSA) is 91.4 Å². The third kappa shape index (κ3) is 4.10. The molecule has 0 N–H and O–H groups in total. The summed E-state index contributed by atoms with van der Waals surface area (Å²) >= 11 is 0.733. The standard InChI is InChI=1S/C17H19NO7S/c1-5-25-15(19)9-18-16(20)14(26-17(18)21)8-11-12(23-3)6-10(22-2)7-13(11)24-4/h6-8H,5,9H2,1-4H3/b14-8+. The summed E-state index contributed by atoms with van der Waals surface area (Å²) in [5, 5.41) is -0.541. The monoisotopic (exact) mass is 381 g/mol. The molecule has 140 valence electrons. The van der Waals surface area contributed by atoms with Crippen LogP contribution in [-0.2, 0) is 14.3 Å². The van der Waals surface area contributed by atoms with Crippen molar-refractivity contribution >= 4 is 35.0 Å². The quantitative estimate of drug-likeness (QED) is 0.525. The Hall–Kier alpha value is -2.68. The number of rotatable bonds is 7. The number of benzene rings is 1. The van der Waals surface area contributed by atoms with Crippen molar-refractivity contribution < 1.29 is 33.3 Å². The highest BCUT2D eigenvalue weighted by molar-refractivity contribution is 8.18. The molecule has 0 spiro atoms. The number of hydrogen-bond acceptors (Lipinski definition) is 8. The number of amides is 2. The fourth-order valence-electron chi connectivity index (χ4n) is 2.28. The summed E-state index contributed by atoms with van der Waals surface area (Å²) in [6, 6.07) is 3.27. The van der Waals surface area contributed by atoms with Gasteiger partial charge in [-0.25, -0.2) is 0 Å². The highest BCUT2D eigenvalue weighted by Crippen LogP contribution is 2.39. The molecule has 1 heterocycles. The third-order valence-electron chi connectivity index (χ3n) is 3.49. The molecule has 1 aliphatic rings. The molecule has 0 bridgehead atoms. The van der Waals surface area contributed by atoms with Crippen LogP contribution in [0.1, 0.15) is 12.5 Å². The van der Waals surface area contributed by atoms with E-state index in [1.54, 1.807) is 19.1 Å². The molecule has 1 fully saturated rings. The Labute approximate surface area is 155 Å². The van der Waals surface area contributed by atoms with E-state index in [1.165, 1.54) is 27.4 Å². The number of carbonyl (C=O) groups excluding carboxylic acids is 3. The van der Waals surface area contributed by atoms with Crippen molar-refractivity contribution in [1.82, 2.24) is 4.90 Å². The Morgan fingerprint density at radius 2 is 1.73 bits per heavy atom. The second-order valence-corrected chi connectivity index (χ2v) is 6.01. The van der Waals surface area contributed by atoms with E-state index >= 15 is 0 Å². The van der Waals surface area contributed by atoms with Gasteiger partial charge in [0.25, 0.3) is 11.1 Å². The van der Waals surface area contributed by atoms with Gasteiger partial charge in [0.05, 0.1) is 38.4 Å². The lowest BCUT2D eigenvalue weighted by atomic mass is 10.1. The van der Waals surface area contributed by atoms with Gasteiger partial charge in [-0.15, -0.1) is 0 Å². The van der Waals surface area contributed by atoms with Gasteiger partial charge in [0.1, 0.15) is 23.8 Å². The summed E-state index contributed by atoms with van der Waals surface area (Å²) in [5.41, 5.74) is 0.484. The van der Waals surface area contributed by atoms with Crippen molar-refractivity contribution in [2.75, 3.05) is 34.5 Å². The van der Waals surface area contributed by atoms with Crippen molar-refractivity contribution in [2.45, 2.75) is 6.92 Å². The molecule has 1 aromatic rings. The summed E-state index contributed by atoms with van der Waals surface area (Å²) in [6.07, 6.45) is 1.49. The molecule has 1 saturated heterocycles. The normalized spacial score (nSPS) is 15.4. The fourth-order valence-corrected chi connectivity index (χ4v) is 3.10. The molecule has 0 aromatic heterocycles. The Morgan fingerprint density at radius 3 is 2.23 bits per heavy atom. The molecule has 1 aliphatic heterocycles. The van der Waals surface area contributed by atoms with Gasteiger partial charge in [-0.2, -0.15) is 0 Å². The van der Waals surface area contributed by atoms with E-state index < -0.39 is 23.7 Å². The molecular weight excluding hydrogens is 362 g/mol. The zero-order chi connectivity index (χ0) is 19.3. The smallest absolute Gasteiger partial charge is 0.326 e. The second kappa shape index (κ2) is 8.61. The minimum atomic E-state index is -0.643. The molecule has 0 radical (unpaired) electrons. The van der Waals surface area contributed by atoms with E-state index in [1.807, 2.05) is 0 Å². The maximum absolute atomic E-state index is 12.5. The zero-order valence-corrected chi connectivity index (χ0v) is 15.7. The van der Waals surface area contributed by atoms with Gasteiger partial charge in [-0.3, -0.25) is 19.3 Å². The summed E-state index contributed by atoms with van der Waals surface area (Å²) in [4.78, 5) is 37.1. The summed E-state index contributed by atoms with van der Waals surface area (Å²) in [7, 11) is 4.45. The molecule has 0 unspecified atom stereocenters. The highest BCUT2D eigenvalue weighted by Gasteiger charge is 2.37. The van der Waals surface area contributed by atoms with E-state index in [2.05, 4.69) is 0 Å². The maximum Gasteiger partial charge on any atom is 0.326 e. The van der Waals surface area contributed by atoms with Gasteiger partial charge in [0.2, 0.25) is 0 Å². The van der Waals surface area contributed by atoms with Crippen molar-refractivity contribution in [3.05, 3.63) is 22.6 Å². The minimum absolute atomic E-state index is 0.154. The largest absolute Gasteiger partial charge is 0.496 e. The van der Waals surface area contributed by atoms with Crippen LogP contribution in [0, 0.1) is 0 Å². The first kappa shape index (κ1) is 19.6. The number of nitrogens with zero attached hydrogens (tertiary/aromatic N) is 1. The number of methoxy groups -OCH3 is 3. The predicted octanol–water partition coefficient (Wildman–Crippen LogP) is 2.31. The summed E-state index contributed by atoms with van der Waals surface area (Å²) in [5.74, 6) is 0.131. The zero-order valence-electron chi connectivity index (χ0n) is 14.9. The van der Waals surface area contributed by atoms with Crippen LogP contribution in [0.4, 0.5) is 4.79 Å². The second-order valence-electron chi connectivity index (χ2n) is 5.02. The lowest BCUT2D eigenvalue weighted by molar-refractivity contribution is -0.145. The Morgan fingerprint density at radius 1 is 1.12 bits per heavy atom. The van der Waals surface area contributed by atoms with Gasteiger partial charge < -0.3 is 18.9 Å². The minimum Gasteiger partial charge on any atom is -0.496 e. The molecule has 0 aliphatic carbocycles. The van der Waals surface area contributed by atoms with E-state index in [0.29, 0.717) is 22.8 Å². The van der Waals surface area contributed by atoms with Crippen molar-refractivity contribution in [3.8, 4) is 17.2 Å². The molecule has 1 aromatic carbocycles. The van der Waals surface area contributed by atoms with Crippen LogP contribution in [-0.4, -0.2) is 56.5 Å². The lowest BCUT2D eigenvalue weighted by Gasteiger charge is -2.13. The van der Waals surface area contributed by atoms with Crippen LogP contribution in [0.15, 0.2) is 17.0 Å². The predicted molar refractivity (Wildman–Crippen MR) is 95.4 cm³/mol. The number of imide groups is 1. The molecule has 0 atom stereocenters. The molecular formula is C17H19NO7S. The molecule has 8 nitrogen and oxygen atoms in total. The van der Waals surface area contributed by atoms with Gasteiger partial charge >= 0.3 is 5.97 Å². The van der Waals surface area contributed by atoms with Crippen LogP contribution >= 0.6 is 11.8 Å². The molecule has 2 rings (SSSR count). The summed E-state index contributed by atoms with van der Waals surface area (Å²) in [6.45, 7) is 1.39. The van der Waals surface area contributed by atoms with Crippen molar-refractivity contribution in [2.24, 2.45) is 0 Å². The van der Waals surface area contributed by atoms with Crippen molar-refractivity contribution in [3.63, 3.8) is 0 Å². The third-order valence-corrected chi connectivity index (χ3v) is 4.40. The SMILES string of the molecule is CCOC(=O)CN1C(=O)S/C(=C/c2c(OC)cc(OC)cc2OC)C1=O. The molecule has 0 saturated carbocycles. The van der Waals surface area contributed by atoms with Gasteiger partial charge in [-0.05, 0) is 24.8 Å². The average Bonchev–Trinajstić information content (AvgIpc) is 2.89. The molecule has 26 heavy (non-hydrogen) atoms.